The molecule has 0 saturated carbocycles. The van der Waals surface area contributed by atoms with Crippen molar-refractivity contribution in [3.8, 4) is 22.8 Å². The molecule has 0 aliphatic heterocycles. The Balaban J connectivity index is 1.18. The van der Waals surface area contributed by atoms with Gasteiger partial charge >= 0.3 is 0 Å². The summed E-state index contributed by atoms with van der Waals surface area (Å²) in [5, 5.41) is 6.92. The molecule has 7 aromatic carbocycles. The zero-order chi connectivity index (χ0) is 33.0. The van der Waals surface area contributed by atoms with Crippen LogP contribution in [0.3, 0.4) is 0 Å². The molecule has 50 heavy (non-hydrogen) atoms. The molecule has 5 heteroatoms. The highest BCUT2D eigenvalue weighted by molar-refractivity contribution is 7.26. The third-order valence-electron chi connectivity index (χ3n) is 9.45. The fourth-order valence-corrected chi connectivity index (χ4v) is 8.31. The smallest absolute Gasteiger partial charge is 0.179 e. The van der Waals surface area contributed by atoms with Gasteiger partial charge in [0, 0.05) is 64.3 Å². The lowest BCUT2D eigenvalue weighted by Crippen LogP contribution is -2.09. The highest BCUT2D eigenvalue weighted by Gasteiger charge is 2.20. The van der Waals surface area contributed by atoms with Gasteiger partial charge in [-0.15, -0.1) is 11.3 Å². The zero-order valence-electron chi connectivity index (χ0n) is 26.9. The van der Waals surface area contributed by atoms with Crippen LogP contribution in [0.15, 0.2) is 170 Å². The van der Waals surface area contributed by atoms with Gasteiger partial charge in [0.15, 0.2) is 5.82 Å². The molecule has 0 aliphatic rings. The van der Waals surface area contributed by atoms with Crippen molar-refractivity contribution in [3.63, 3.8) is 0 Å². The van der Waals surface area contributed by atoms with Gasteiger partial charge in [0.05, 0.1) is 16.7 Å². The number of hydrogen-bond acceptors (Lipinski definition) is 5. The maximum absolute atomic E-state index is 5.33. The first-order valence-electron chi connectivity index (χ1n) is 16.7. The minimum Gasteiger partial charge on any atom is -0.311 e. The van der Waals surface area contributed by atoms with E-state index in [1.165, 1.54) is 25.6 Å². The van der Waals surface area contributed by atoms with Crippen LogP contribution >= 0.6 is 11.3 Å². The second-order valence-electron chi connectivity index (χ2n) is 12.4. The molecule has 0 saturated heterocycles. The first-order valence-corrected chi connectivity index (χ1v) is 17.5. The molecule has 0 aliphatic carbocycles. The third kappa shape index (κ3) is 4.63. The first kappa shape index (κ1) is 28.6. The van der Waals surface area contributed by atoms with Crippen LogP contribution in [-0.4, -0.2) is 15.0 Å². The number of hydrogen-bond donors (Lipinski definition) is 0. The molecule has 10 rings (SSSR count). The molecule has 0 spiro atoms. The van der Waals surface area contributed by atoms with Crippen molar-refractivity contribution in [2.45, 2.75) is 0 Å². The van der Waals surface area contributed by atoms with E-state index < -0.39 is 0 Å². The number of thiophene rings is 1. The van der Waals surface area contributed by atoms with Gasteiger partial charge in [0.1, 0.15) is 5.69 Å². The Labute approximate surface area is 292 Å². The van der Waals surface area contributed by atoms with Crippen molar-refractivity contribution >= 4 is 81.1 Å². The lowest BCUT2D eigenvalue weighted by molar-refractivity contribution is 1.20. The number of aromatic nitrogens is 3. The van der Waals surface area contributed by atoms with Crippen molar-refractivity contribution in [3.05, 3.63) is 170 Å². The minimum absolute atomic E-state index is 0.618. The van der Waals surface area contributed by atoms with Crippen LogP contribution in [0.4, 0.5) is 17.1 Å². The summed E-state index contributed by atoms with van der Waals surface area (Å²) in [4.78, 5) is 18.0. The van der Waals surface area contributed by atoms with Crippen LogP contribution in [-0.2, 0) is 0 Å². The largest absolute Gasteiger partial charge is 0.311 e. The molecule has 0 radical (unpaired) electrons. The Hall–Kier alpha value is -6.43. The van der Waals surface area contributed by atoms with Gasteiger partial charge in [-0.2, -0.15) is 0 Å². The summed E-state index contributed by atoms with van der Waals surface area (Å²) in [6.07, 6.45) is 0. The van der Waals surface area contributed by atoms with Gasteiger partial charge in [-0.25, -0.2) is 15.0 Å². The van der Waals surface area contributed by atoms with Crippen LogP contribution in [0, 0.1) is 0 Å². The molecule has 3 heterocycles. The number of pyridine rings is 1. The predicted octanol–water partition coefficient (Wildman–Crippen LogP) is 12.5. The van der Waals surface area contributed by atoms with Crippen LogP contribution < -0.4 is 4.90 Å². The quantitative estimate of drug-likeness (QED) is 0.173. The standard InChI is InChI=1S/C45H28N4S/c1-3-13-30(14-4-1)49(31-15-5-2-6-16-31)32-25-23-29(24-26-32)43-34-18-8-11-21-38(34)47-45(48-43)44-36-27-28-40-42(35-19-9-12-22-39(35)50-40)41(36)33-17-7-10-20-37(33)46-44/h1-28H. The van der Waals surface area contributed by atoms with Crippen LogP contribution in [0.2, 0.25) is 0 Å². The van der Waals surface area contributed by atoms with Crippen LogP contribution in [0.5, 0.6) is 0 Å². The first-order chi connectivity index (χ1) is 24.8. The maximum Gasteiger partial charge on any atom is 0.179 e. The van der Waals surface area contributed by atoms with E-state index in [-0.39, 0.29) is 0 Å². The Morgan fingerprint density at radius 1 is 0.360 bits per heavy atom. The molecule has 234 valence electrons. The third-order valence-corrected chi connectivity index (χ3v) is 10.6. The number of anilines is 3. The van der Waals surface area contributed by atoms with Crippen molar-refractivity contribution in [2.24, 2.45) is 0 Å². The van der Waals surface area contributed by atoms with E-state index in [2.05, 4.69) is 157 Å². The van der Waals surface area contributed by atoms with Crippen LogP contribution in [0.25, 0.3) is 75.5 Å². The van der Waals surface area contributed by atoms with E-state index in [1.54, 1.807) is 0 Å². The average molecular weight is 657 g/mol. The predicted molar refractivity (Wildman–Crippen MR) is 211 cm³/mol. The normalized spacial score (nSPS) is 11.6. The molecular weight excluding hydrogens is 629 g/mol. The summed E-state index contributed by atoms with van der Waals surface area (Å²) >= 11 is 1.83. The van der Waals surface area contributed by atoms with Crippen LogP contribution in [0.1, 0.15) is 0 Å². The SMILES string of the molecule is c1ccc(N(c2ccccc2)c2ccc(-c3nc(-c4nc5ccccc5c5c4ccc4sc6ccccc6c45)nc4ccccc34)cc2)cc1. The van der Waals surface area contributed by atoms with Gasteiger partial charge in [-0.3, -0.25) is 0 Å². The average Bonchev–Trinajstić information content (AvgIpc) is 3.57. The summed E-state index contributed by atoms with van der Waals surface area (Å²) in [7, 11) is 0. The van der Waals surface area contributed by atoms with Gasteiger partial charge < -0.3 is 4.90 Å². The second kappa shape index (κ2) is 11.6. The van der Waals surface area contributed by atoms with Crippen molar-refractivity contribution < 1.29 is 0 Å². The number of benzene rings is 7. The number of rotatable bonds is 5. The molecule has 4 nitrogen and oxygen atoms in total. The number of fused-ring (bicyclic) bond motifs is 8. The van der Waals surface area contributed by atoms with E-state index in [0.29, 0.717) is 5.82 Å². The van der Waals surface area contributed by atoms with Crippen molar-refractivity contribution in [2.75, 3.05) is 4.90 Å². The number of nitrogens with zero attached hydrogens (tertiary/aromatic N) is 4. The minimum atomic E-state index is 0.618. The molecule has 10 aromatic rings. The summed E-state index contributed by atoms with van der Waals surface area (Å²) in [6, 6.07) is 59.4. The monoisotopic (exact) mass is 656 g/mol. The summed E-state index contributed by atoms with van der Waals surface area (Å²) < 4.78 is 2.55. The van der Waals surface area contributed by atoms with E-state index >= 15 is 0 Å². The molecule has 0 atom stereocenters. The summed E-state index contributed by atoms with van der Waals surface area (Å²) in [5.74, 6) is 0.618. The molecule has 3 aromatic heterocycles. The number of para-hydroxylation sites is 4. The van der Waals surface area contributed by atoms with E-state index in [0.717, 1.165) is 61.2 Å². The molecule has 0 bridgehead atoms. The molecule has 0 unspecified atom stereocenters. The fraction of sp³-hybridized carbons (Fsp3) is 0. The Morgan fingerprint density at radius 2 is 0.940 bits per heavy atom. The fourth-order valence-electron chi connectivity index (χ4n) is 7.20. The van der Waals surface area contributed by atoms with E-state index in [1.807, 2.05) is 29.5 Å². The maximum atomic E-state index is 5.33. The highest BCUT2D eigenvalue weighted by atomic mass is 32.1. The molecule has 0 amide bonds. The zero-order valence-corrected chi connectivity index (χ0v) is 27.7. The topological polar surface area (TPSA) is 41.9 Å². The summed E-state index contributed by atoms with van der Waals surface area (Å²) in [5.41, 5.74) is 7.78. The van der Waals surface area contributed by atoms with Gasteiger partial charge in [-0.05, 0) is 60.7 Å². The van der Waals surface area contributed by atoms with Gasteiger partial charge in [0.25, 0.3) is 0 Å². The van der Waals surface area contributed by atoms with Crippen molar-refractivity contribution in [1.29, 1.82) is 0 Å². The van der Waals surface area contributed by atoms with E-state index in [4.69, 9.17) is 15.0 Å². The molecule has 0 fully saturated rings. The van der Waals surface area contributed by atoms with E-state index in [9.17, 15) is 0 Å². The molecular formula is C45H28N4S. The van der Waals surface area contributed by atoms with Crippen molar-refractivity contribution in [1.82, 2.24) is 15.0 Å². The Morgan fingerprint density at radius 3 is 1.66 bits per heavy atom. The van der Waals surface area contributed by atoms with Gasteiger partial charge in [0.2, 0.25) is 0 Å². The van der Waals surface area contributed by atoms with Gasteiger partial charge in [-0.1, -0.05) is 109 Å². The lowest BCUT2D eigenvalue weighted by atomic mass is 9.98. The second-order valence-corrected chi connectivity index (χ2v) is 13.5. The summed E-state index contributed by atoms with van der Waals surface area (Å²) in [6.45, 7) is 0. The Bertz CT molecular complexity index is 2830. The lowest BCUT2D eigenvalue weighted by Gasteiger charge is -2.25. The Kier molecular flexibility index (Phi) is 6.64. The molecule has 0 N–H and O–H groups in total. The highest BCUT2D eigenvalue weighted by Crippen LogP contribution is 2.43.